The highest BCUT2D eigenvalue weighted by Crippen LogP contribution is 2.48. The zero-order valence-electron chi connectivity index (χ0n) is 9.59. The molecule has 0 atom stereocenters. The minimum atomic E-state index is -0.923. The average molecular weight is 243 g/mol. The first-order valence-electron chi connectivity index (χ1n) is 5.51. The number of halogens is 2. The number of hydrogen-bond acceptors (Lipinski definition) is 3. The normalized spacial score (nSPS) is 17.6. The topological polar surface area (TPSA) is 55.5 Å². The first-order chi connectivity index (χ1) is 8.05. The lowest BCUT2D eigenvalue weighted by molar-refractivity contribution is 0.229. The van der Waals surface area contributed by atoms with E-state index in [0.29, 0.717) is 12.8 Å². The molecule has 5 heteroatoms. The van der Waals surface area contributed by atoms with E-state index < -0.39 is 22.8 Å². The summed E-state index contributed by atoms with van der Waals surface area (Å²) in [6, 6.07) is 0.942. The Morgan fingerprint density at radius 1 is 1.41 bits per heavy atom. The van der Waals surface area contributed by atoms with E-state index in [-0.39, 0.29) is 17.9 Å². The van der Waals surface area contributed by atoms with Crippen LogP contribution in [0.25, 0.3) is 0 Å². The number of aromatic hydroxyl groups is 1. The van der Waals surface area contributed by atoms with Crippen LogP contribution in [-0.2, 0) is 5.41 Å². The second-order valence-electron chi connectivity index (χ2n) is 4.44. The highest BCUT2D eigenvalue weighted by Gasteiger charge is 2.43. The standard InChI is InChI=1S/C12H15F2NO2/c1-17-8-5-7(16)10(13)9(11(8)14)12(6-15)3-2-4-12/h5,16H,2-4,6,15H2,1H3. The maximum absolute atomic E-state index is 14.1. The van der Waals surface area contributed by atoms with Gasteiger partial charge in [0.05, 0.1) is 7.11 Å². The molecule has 0 bridgehead atoms. The van der Waals surface area contributed by atoms with Crippen LogP contribution in [0.15, 0.2) is 6.07 Å². The summed E-state index contributed by atoms with van der Waals surface area (Å²) in [6.07, 6.45) is 2.14. The Hall–Kier alpha value is -1.36. The smallest absolute Gasteiger partial charge is 0.172 e. The molecule has 2 rings (SSSR count). The summed E-state index contributed by atoms with van der Waals surface area (Å²) in [5, 5.41) is 9.45. The maximum atomic E-state index is 14.1. The van der Waals surface area contributed by atoms with Gasteiger partial charge in [0, 0.05) is 23.6 Å². The van der Waals surface area contributed by atoms with Crippen LogP contribution in [0.4, 0.5) is 8.78 Å². The van der Waals surface area contributed by atoms with Gasteiger partial charge in [0.25, 0.3) is 0 Å². The number of ether oxygens (including phenoxy) is 1. The zero-order chi connectivity index (χ0) is 12.6. The average Bonchev–Trinajstić information content (AvgIpc) is 2.27. The van der Waals surface area contributed by atoms with Crippen molar-refractivity contribution >= 4 is 0 Å². The predicted octanol–water partition coefficient (Wildman–Crippen LogP) is 2.06. The molecule has 3 nitrogen and oxygen atoms in total. The first kappa shape index (κ1) is 12.1. The summed E-state index contributed by atoms with van der Waals surface area (Å²) >= 11 is 0. The summed E-state index contributed by atoms with van der Waals surface area (Å²) < 4.78 is 32.8. The third-order valence-corrected chi connectivity index (χ3v) is 3.60. The van der Waals surface area contributed by atoms with Crippen molar-refractivity contribution in [3.8, 4) is 11.5 Å². The second-order valence-corrected chi connectivity index (χ2v) is 4.44. The quantitative estimate of drug-likeness (QED) is 0.854. The van der Waals surface area contributed by atoms with Crippen molar-refractivity contribution < 1.29 is 18.6 Å². The minimum Gasteiger partial charge on any atom is -0.505 e. The van der Waals surface area contributed by atoms with Crippen molar-refractivity contribution in [3.05, 3.63) is 23.3 Å². The first-order valence-corrected chi connectivity index (χ1v) is 5.51. The van der Waals surface area contributed by atoms with Crippen LogP contribution < -0.4 is 10.5 Å². The van der Waals surface area contributed by atoms with Crippen LogP contribution in [-0.4, -0.2) is 18.8 Å². The molecule has 1 aliphatic rings. The Morgan fingerprint density at radius 3 is 2.47 bits per heavy atom. The van der Waals surface area contributed by atoms with E-state index >= 15 is 0 Å². The van der Waals surface area contributed by atoms with Crippen LogP contribution >= 0.6 is 0 Å². The SMILES string of the molecule is COc1cc(O)c(F)c(C2(CN)CCC2)c1F. The zero-order valence-corrected chi connectivity index (χ0v) is 9.59. The predicted molar refractivity (Wildman–Crippen MR) is 59.2 cm³/mol. The summed E-state index contributed by atoms with van der Waals surface area (Å²) in [5.74, 6) is -2.43. The van der Waals surface area contributed by atoms with E-state index in [1.54, 1.807) is 0 Å². The van der Waals surface area contributed by atoms with Gasteiger partial charge in [-0.15, -0.1) is 0 Å². The number of phenols is 1. The Bertz CT molecular complexity index is 439. The van der Waals surface area contributed by atoms with Crippen molar-refractivity contribution in [3.63, 3.8) is 0 Å². The van der Waals surface area contributed by atoms with Crippen molar-refractivity contribution in [1.29, 1.82) is 0 Å². The third-order valence-electron chi connectivity index (χ3n) is 3.60. The van der Waals surface area contributed by atoms with Crippen LogP contribution in [0, 0.1) is 11.6 Å². The van der Waals surface area contributed by atoms with Crippen LogP contribution in [0.2, 0.25) is 0 Å². The van der Waals surface area contributed by atoms with Gasteiger partial charge in [0.15, 0.2) is 23.1 Å². The number of phenolic OH excluding ortho intramolecular Hbond substituents is 1. The lowest BCUT2D eigenvalue weighted by atomic mass is 9.64. The Morgan fingerprint density at radius 2 is 2.06 bits per heavy atom. The molecule has 1 aromatic rings. The van der Waals surface area contributed by atoms with E-state index in [9.17, 15) is 13.9 Å². The number of nitrogens with two attached hydrogens (primary N) is 1. The highest BCUT2D eigenvalue weighted by molar-refractivity contribution is 5.45. The number of methoxy groups -OCH3 is 1. The molecule has 94 valence electrons. The van der Waals surface area contributed by atoms with Gasteiger partial charge in [-0.05, 0) is 12.8 Å². The summed E-state index contributed by atoms with van der Waals surface area (Å²) in [6.45, 7) is 0.160. The largest absolute Gasteiger partial charge is 0.505 e. The molecule has 0 aliphatic heterocycles. The third kappa shape index (κ3) is 1.65. The van der Waals surface area contributed by atoms with E-state index in [1.165, 1.54) is 7.11 Å². The van der Waals surface area contributed by atoms with Crippen molar-refractivity contribution in [2.75, 3.05) is 13.7 Å². The molecule has 0 unspecified atom stereocenters. The fourth-order valence-corrected chi connectivity index (χ4v) is 2.37. The molecule has 1 aliphatic carbocycles. The van der Waals surface area contributed by atoms with E-state index in [2.05, 4.69) is 0 Å². The molecule has 1 saturated carbocycles. The van der Waals surface area contributed by atoms with Crippen molar-refractivity contribution in [2.45, 2.75) is 24.7 Å². The van der Waals surface area contributed by atoms with E-state index in [0.717, 1.165) is 12.5 Å². The lowest BCUT2D eigenvalue weighted by Crippen LogP contribution is -2.43. The number of hydrogen-bond donors (Lipinski definition) is 2. The molecule has 0 heterocycles. The second kappa shape index (κ2) is 4.14. The molecule has 1 fully saturated rings. The summed E-state index contributed by atoms with van der Waals surface area (Å²) in [4.78, 5) is 0. The monoisotopic (exact) mass is 243 g/mol. The van der Waals surface area contributed by atoms with Gasteiger partial charge < -0.3 is 15.6 Å². The van der Waals surface area contributed by atoms with Crippen LogP contribution in [0.1, 0.15) is 24.8 Å². The Balaban J connectivity index is 2.63. The van der Waals surface area contributed by atoms with Crippen LogP contribution in [0.5, 0.6) is 11.5 Å². The molecule has 0 radical (unpaired) electrons. The molecule has 0 aromatic heterocycles. The van der Waals surface area contributed by atoms with Gasteiger partial charge in [0.2, 0.25) is 0 Å². The Labute approximate surface area is 98.2 Å². The molecule has 0 amide bonds. The fraction of sp³-hybridized carbons (Fsp3) is 0.500. The van der Waals surface area contributed by atoms with Crippen LogP contribution in [0.3, 0.4) is 0 Å². The van der Waals surface area contributed by atoms with E-state index in [1.807, 2.05) is 0 Å². The lowest BCUT2D eigenvalue weighted by Gasteiger charge is -2.41. The van der Waals surface area contributed by atoms with Crippen molar-refractivity contribution in [2.24, 2.45) is 5.73 Å². The van der Waals surface area contributed by atoms with Gasteiger partial charge in [-0.25, -0.2) is 8.78 Å². The summed E-state index contributed by atoms with van der Waals surface area (Å²) in [7, 11) is 1.27. The number of rotatable bonds is 3. The molecule has 0 saturated heterocycles. The number of benzene rings is 1. The van der Waals surface area contributed by atoms with Gasteiger partial charge in [-0.2, -0.15) is 0 Å². The van der Waals surface area contributed by atoms with Crippen molar-refractivity contribution in [1.82, 2.24) is 0 Å². The maximum Gasteiger partial charge on any atom is 0.172 e. The minimum absolute atomic E-state index is 0.136. The van der Waals surface area contributed by atoms with E-state index in [4.69, 9.17) is 10.5 Å². The molecule has 3 N–H and O–H groups in total. The molecular weight excluding hydrogens is 228 g/mol. The van der Waals surface area contributed by atoms with Gasteiger partial charge in [-0.3, -0.25) is 0 Å². The molecule has 1 aromatic carbocycles. The fourth-order valence-electron chi connectivity index (χ4n) is 2.37. The summed E-state index contributed by atoms with van der Waals surface area (Å²) in [5.41, 5.74) is 4.79. The molecule has 17 heavy (non-hydrogen) atoms. The van der Waals surface area contributed by atoms with Gasteiger partial charge in [-0.1, -0.05) is 6.42 Å². The Kier molecular flexibility index (Phi) is 2.95. The van der Waals surface area contributed by atoms with Gasteiger partial charge in [0.1, 0.15) is 0 Å². The molecular formula is C12H15F2NO2. The molecule has 0 spiro atoms. The highest BCUT2D eigenvalue weighted by atomic mass is 19.1. The van der Waals surface area contributed by atoms with Gasteiger partial charge >= 0.3 is 0 Å².